The number of carbonyl (C=O) groups is 1. The molecule has 1 N–H and O–H groups in total. The van der Waals surface area contributed by atoms with Gasteiger partial charge < -0.3 is 5.32 Å². The van der Waals surface area contributed by atoms with Crippen molar-refractivity contribution in [3.05, 3.63) is 29.3 Å². The van der Waals surface area contributed by atoms with Crippen LogP contribution in [0.4, 0.5) is 5.69 Å². The molecule has 5 nitrogen and oxygen atoms in total. The van der Waals surface area contributed by atoms with Gasteiger partial charge in [-0.05, 0) is 44.4 Å². The van der Waals surface area contributed by atoms with Crippen LogP contribution in [0.3, 0.4) is 0 Å². The Kier molecular flexibility index (Phi) is 5.78. The van der Waals surface area contributed by atoms with Crippen molar-refractivity contribution in [2.75, 3.05) is 17.1 Å². The molecule has 1 aromatic carbocycles. The Morgan fingerprint density at radius 3 is 2.48 bits per heavy atom. The fourth-order valence-electron chi connectivity index (χ4n) is 1.94. The van der Waals surface area contributed by atoms with E-state index < -0.39 is 10.0 Å². The highest BCUT2D eigenvalue weighted by Gasteiger charge is 2.23. The number of benzene rings is 1. The molecule has 6 heteroatoms. The van der Waals surface area contributed by atoms with E-state index >= 15 is 0 Å². The van der Waals surface area contributed by atoms with Crippen molar-refractivity contribution >= 4 is 21.6 Å². The minimum Gasteiger partial charge on any atom is -0.352 e. The van der Waals surface area contributed by atoms with Gasteiger partial charge in [-0.3, -0.25) is 9.10 Å². The van der Waals surface area contributed by atoms with Gasteiger partial charge in [-0.15, -0.1) is 0 Å². The number of rotatable bonds is 6. The number of amides is 1. The lowest BCUT2D eigenvalue weighted by Gasteiger charge is -2.25. The molecule has 1 aromatic rings. The molecule has 0 heterocycles. The van der Waals surface area contributed by atoms with Gasteiger partial charge in [0.2, 0.25) is 15.9 Å². The monoisotopic (exact) mass is 312 g/mol. The van der Waals surface area contributed by atoms with Gasteiger partial charge in [-0.25, -0.2) is 8.42 Å². The molecule has 0 aliphatic rings. The first-order valence-electron chi connectivity index (χ1n) is 7.00. The lowest BCUT2D eigenvalue weighted by atomic mass is 10.1. The lowest BCUT2D eigenvalue weighted by Crippen LogP contribution is -2.43. The largest absolute Gasteiger partial charge is 0.352 e. The predicted molar refractivity (Wildman–Crippen MR) is 86.0 cm³/mol. The lowest BCUT2D eigenvalue weighted by molar-refractivity contribution is -0.120. The van der Waals surface area contributed by atoms with Crippen molar-refractivity contribution in [1.29, 1.82) is 0 Å². The van der Waals surface area contributed by atoms with Crippen molar-refractivity contribution in [2.24, 2.45) is 0 Å². The summed E-state index contributed by atoms with van der Waals surface area (Å²) in [5.74, 6) is -0.296. The number of hydrogen-bond acceptors (Lipinski definition) is 3. The quantitative estimate of drug-likeness (QED) is 0.873. The van der Waals surface area contributed by atoms with Gasteiger partial charge in [0.05, 0.1) is 11.9 Å². The van der Waals surface area contributed by atoms with Crippen LogP contribution in [-0.4, -0.2) is 33.2 Å². The summed E-state index contributed by atoms with van der Waals surface area (Å²) in [6.45, 7) is 7.42. The molecular weight excluding hydrogens is 288 g/mol. The van der Waals surface area contributed by atoms with Crippen LogP contribution in [-0.2, 0) is 14.8 Å². The summed E-state index contributed by atoms with van der Waals surface area (Å²) in [6, 6.07) is 5.46. The molecular formula is C15H24N2O3S. The highest BCUT2D eigenvalue weighted by atomic mass is 32.2. The maximum Gasteiger partial charge on any atom is 0.240 e. The number of anilines is 1. The minimum absolute atomic E-state index is 0.0255. The highest BCUT2D eigenvalue weighted by molar-refractivity contribution is 7.92. The van der Waals surface area contributed by atoms with E-state index in [9.17, 15) is 13.2 Å². The van der Waals surface area contributed by atoms with E-state index in [1.165, 1.54) is 0 Å². The fraction of sp³-hybridized carbons (Fsp3) is 0.533. The molecule has 0 unspecified atom stereocenters. The second kappa shape index (κ2) is 6.93. The molecule has 0 radical (unpaired) electrons. The second-order valence-corrected chi connectivity index (χ2v) is 7.27. The molecule has 0 aromatic heterocycles. The Labute approximate surface area is 127 Å². The summed E-state index contributed by atoms with van der Waals surface area (Å²) >= 11 is 0. The predicted octanol–water partition coefficient (Wildman–Crippen LogP) is 1.98. The molecule has 118 valence electrons. The number of hydrogen-bond donors (Lipinski definition) is 1. The number of nitrogens with one attached hydrogen (secondary N) is 1. The van der Waals surface area contributed by atoms with Gasteiger partial charge in [-0.2, -0.15) is 0 Å². The SMILES string of the molecule is CC[C@H](C)NC(=O)CN(c1cccc(C)c1C)S(C)(=O)=O. The molecule has 0 fully saturated rings. The topological polar surface area (TPSA) is 66.5 Å². The van der Waals surface area contributed by atoms with Gasteiger partial charge in [0, 0.05) is 6.04 Å². The summed E-state index contributed by atoms with van der Waals surface area (Å²) in [6.07, 6.45) is 1.92. The van der Waals surface area contributed by atoms with Crippen LogP contribution in [0, 0.1) is 13.8 Å². The molecule has 1 rings (SSSR count). The number of sulfonamides is 1. The van der Waals surface area contributed by atoms with E-state index in [4.69, 9.17) is 0 Å². The Morgan fingerprint density at radius 2 is 1.95 bits per heavy atom. The maximum absolute atomic E-state index is 12.0. The minimum atomic E-state index is -3.52. The number of carbonyl (C=O) groups excluding carboxylic acids is 1. The van der Waals surface area contributed by atoms with Gasteiger partial charge in [0.15, 0.2) is 0 Å². The smallest absolute Gasteiger partial charge is 0.240 e. The molecule has 1 amide bonds. The molecule has 0 spiro atoms. The molecule has 0 saturated heterocycles. The van der Waals surface area contributed by atoms with Crippen LogP contribution < -0.4 is 9.62 Å². The zero-order valence-corrected chi connectivity index (χ0v) is 14.1. The third-order valence-electron chi connectivity index (χ3n) is 3.55. The van der Waals surface area contributed by atoms with Gasteiger partial charge >= 0.3 is 0 Å². The fourth-order valence-corrected chi connectivity index (χ4v) is 2.85. The van der Waals surface area contributed by atoms with Crippen LogP contribution >= 0.6 is 0 Å². The molecule has 1 atom stereocenters. The first-order chi connectivity index (χ1) is 9.66. The standard InChI is InChI=1S/C15H24N2O3S/c1-6-12(3)16-15(18)10-17(21(5,19)20)14-9-7-8-11(2)13(14)4/h7-9,12H,6,10H2,1-5H3,(H,16,18)/t12-/m0/s1. The zero-order valence-electron chi connectivity index (χ0n) is 13.3. The van der Waals surface area contributed by atoms with E-state index in [1.54, 1.807) is 12.1 Å². The molecule has 0 saturated carbocycles. The van der Waals surface area contributed by atoms with Crippen LogP contribution in [0.5, 0.6) is 0 Å². The summed E-state index contributed by atoms with van der Waals surface area (Å²) in [4.78, 5) is 12.0. The zero-order chi connectivity index (χ0) is 16.2. The second-order valence-electron chi connectivity index (χ2n) is 5.37. The van der Waals surface area contributed by atoms with E-state index in [1.807, 2.05) is 33.8 Å². The molecule has 0 aliphatic heterocycles. The van der Waals surface area contributed by atoms with Crippen LogP contribution in [0.15, 0.2) is 18.2 Å². The summed E-state index contributed by atoms with van der Waals surface area (Å²) in [7, 11) is -3.52. The summed E-state index contributed by atoms with van der Waals surface area (Å²) in [5.41, 5.74) is 2.40. The summed E-state index contributed by atoms with van der Waals surface area (Å²) < 4.78 is 25.2. The van der Waals surface area contributed by atoms with Crippen molar-refractivity contribution in [3.8, 4) is 0 Å². The van der Waals surface area contributed by atoms with E-state index in [0.717, 1.165) is 28.1 Å². The maximum atomic E-state index is 12.0. The highest BCUT2D eigenvalue weighted by Crippen LogP contribution is 2.24. The van der Waals surface area contributed by atoms with Crippen LogP contribution in [0.2, 0.25) is 0 Å². The van der Waals surface area contributed by atoms with Crippen LogP contribution in [0.25, 0.3) is 0 Å². The number of aryl methyl sites for hydroxylation is 1. The first-order valence-corrected chi connectivity index (χ1v) is 8.85. The normalized spacial score (nSPS) is 12.8. The first kappa shape index (κ1) is 17.5. The Hall–Kier alpha value is -1.56. The van der Waals surface area contributed by atoms with Gasteiger partial charge in [-0.1, -0.05) is 19.1 Å². The third-order valence-corrected chi connectivity index (χ3v) is 4.68. The van der Waals surface area contributed by atoms with Gasteiger partial charge in [0.25, 0.3) is 0 Å². The number of nitrogens with zero attached hydrogens (tertiary/aromatic N) is 1. The Bertz CT molecular complexity index is 611. The molecule has 21 heavy (non-hydrogen) atoms. The Morgan fingerprint density at radius 1 is 1.33 bits per heavy atom. The third kappa shape index (κ3) is 4.74. The average Bonchev–Trinajstić information content (AvgIpc) is 2.38. The Balaban J connectivity index is 3.09. The van der Waals surface area contributed by atoms with E-state index in [2.05, 4.69) is 5.32 Å². The van der Waals surface area contributed by atoms with E-state index in [-0.39, 0.29) is 18.5 Å². The van der Waals surface area contributed by atoms with Crippen molar-refractivity contribution in [1.82, 2.24) is 5.32 Å². The van der Waals surface area contributed by atoms with Gasteiger partial charge in [0.1, 0.15) is 6.54 Å². The van der Waals surface area contributed by atoms with Crippen molar-refractivity contribution in [2.45, 2.75) is 40.2 Å². The van der Waals surface area contributed by atoms with Crippen molar-refractivity contribution in [3.63, 3.8) is 0 Å². The molecule has 0 aliphatic carbocycles. The molecule has 0 bridgehead atoms. The average molecular weight is 312 g/mol. The van der Waals surface area contributed by atoms with Crippen LogP contribution in [0.1, 0.15) is 31.4 Å². The van der Waals surface area contributed by atoms with E-state index in [0.29, 0.717) is 5.69 Å². The summed E-state index contributed by atoms with van der Waals surface area (Å²) in [5, 5.41) is 2.79. The van der Waals surface area contributed by atoms with Crippen molar-refractivity contribution < 1.29 is 13.2 Å².